The Morgan fingerprint density at radius 1 is 1.00 bits per heavy atom. The molecule has 2 aromatic rings. The highest BCUT2D eigenvalue weighted by atomic mass is 32.2. The van der Waals surface area contributed by atoms with Crippen molar-refractivity contribution in [2.75, 3.05) is 0 Å². The van der Waals surface area contributed by atoms with Crippen molar-refractivity contribution in [3.05, 3.63) is 72.3 Å². The molecule has 0 atom stereocenters. The lowest BCUT2D eigenvalue weighted by atomic mass is 10.1. The van der Waals surface area contributed by atoms with Gasteiger partial charge in [0.25, 0.3) is 0 Å². The third kappa shape index (κ3) is 3.77. The molecule has 0 fully saturated rings. The van der Waals surface area contributed by atoms with Crippen LogP contribution in [0.2, 0.25) is 0 Å². The van der Waals surface area contributed by atoms with Crippen LogP contribution in [0.1, 0.15) is 11.1 Å². The van der Waals surface area contributed by atoms with E-state index in [-0.39, 0.29) is 0 Å². The van der Waals surface area contributed by atoms with E-state index in [4.69, 9.17) is 4.18 Å². The van der Waals surface area contributed by atoms with Crippen LogP contribution >= 0.6 is 12.0 Å². The molecule has 0 amide bonds. The van der Waals surface area contributed by atoms with E-state index in [0.717, 1.165) is 10.5 Å². The van der Waals surface area contributed by atoms with Crippen LogP contribution in [0.25, 0.3) is 6.08 Å². The number of hydrogen-bond acceptors (Lipinski definition) is 2. The van der Waals surface area contributed by atoms with Crippen molar-refractivity contribution >= 4 is 18.1 Å². The van der Waals surface area contributed by atoms with E-state index in [9.17, 15) is 0 Å². The maximum Gasteiger partial charge on any atom is 0.0869 e. The summed E-state index contributed by atoms with van der Waals surface area (Å²) >= 11 is 1.41. The second-order valence-corrected chi connectivity index (χ2v) is 4.48. The van der Waals surface area contributed by atoms with Gasteiger partial charge in [0.05, 0.1) is 6.61 Å². The van der Waals surface area contributed by atoms with Crippen LogP contribution in [0.4, 0.5) is 0 Å². The zero-order valence-corrected chi connectivity index (χ0v) is 10.3. The molecular weight excluding hydrogens is 228 g/mol. The summed E-state index contributed by atoms with van der Waals surface area (Å²) in [7, 11) is 0. The molecule has 0 aliphatic rings. The minimum Gasteiger partial charge on any atom is -0.305 e. The highest BCUT2D eigenvalue weighted by Crippen LogP contribution is 2.20. The van der Waals surface area contributed by atoms with Gasteiger partial charge in [-0.1, -0.05) is 55.1 Å². The Kier molecular flexibility index (Phi) is 4.42. The maximum atomic E-state index is 5.57. The third-order valence-corrected chi connectivity index (χ3v) is 3.04. The van der Waals surface area contributed by atoms with Gasteiger partial charge in [-0.3, -0.25) is 0 Å². The van der Waals surface area contributed by atoms with Gasteiger partial charge in [-0.05, 0) is 23.3 Å². The fraction of sp³-hybridized carbons (Fsp3) is 0.0667. The molecule has 2 aromatic carbocycles. The summed E-state index contributed by atoms with van der Waals surface area (Å²) in [6, 6.07) is 18.3. The SMILES string of the molecule is C=Cc1ccc(COSc2ccccc2)cc1. The summed E-state index contributed by atoms with van der Waals surface area (Å²) in [5.41, 5.74) is 2.29. The van der Waals surface area contributed by atoms with E-state index >= 15 is 0 Å². The van der Waals surface area contributed by atoms with Gasteiger partial charge in [0.15, 0.2) is 0 Å². The van der Waals surface area contributed by atoms with Crippen LogP contribution in [0.15, 0.2) is 66.1 Å². The molecule has 0 bridgehead atoms. The van der Waals surface area contributed by atoms with E-state index in [0.29, 0.717) is 6.61 Å². The van der Waals surface area contributed by atoms with Crippen molar-refractivity contribution < 1.29 is 4.18 Å². The summed E-state index contributed by atoms with van der Waals surface area (Å²) in [6.07, 6.45) is 1.84. The summed E-state index contributed by atoms with van der Waals surface area (Å²) in [5.74, 6) is 0. The van der Waals surface area contributed by atoms with Crippen LogP contribution in [0.3, 0.4) is 0 Å². The van der Waals surface area contributed by atoms with E-state index in [1.165, 1.54) is 17.6 Å². The first-order valence-corrected chi connectivity index (χ1v) is 6.18. The Hall–Kier alpha value is -1.51. The molecule has 0 aliphatic carbocycles. The third-order valence-electron chi connectivity index (χ3n) is 2.34. The predicted octanol–water partition coefficient (Wildman–Crippen LogP) is 4.55. The lowest BCUT2D eigenvalue weighted by Crippen LogP contribution is -1.85. The van der Waals surface area contributed by atoms with Gasteiger partial charge < -0.3 is 4.18 Å². The fourth-order valence-corrected chi connectivity index (χ4v) is 1.99. The molecule has 2 rings (SSSR count). The van der Waals surface area contributed by atoms with Gasteiger partial charge in [0.1, 0.15) is 0 Å². The van der Waals surface area contributed by atoms with Gasteiger partial charge in [-0.2, -0.15) is 0 Å². The average Bonchev–Trinajstić information content (AvgIpc) is 2.41. The molecule has 0 N–H and O–H groups in total. The van der Waals surface area contributed by atoms with Gasteiger partial charge >= 0.3 is 0 Å². The minimum atomic E-state index is 0.608. The van der Waals surface area contributed by atoms with Crippen LogP contribution < -0.4 is 0 Å². The predicted molar refractivity (Wildman–Crippen MR) is 73.6 cm³/mol. The monoisotopic (exact) mass is 242 g/mol. The molecule has 86 valence electrons. The molecule has 0 aliphatic heterocycles. The second-order valence-electron chi connectivity index (χ2n) is 3.60. The van der Waals surface area contributed by atoms with Crippen molar-refractivity contribution in [3.8, 4) is 0 Å². The largest absolute Gasteiger partial charge is 0.305 e. The lowest BCUT2D eigenvalue weighted by molar-refractivity contribution is 0.364. The summed E-state index contributed by atoms with van der Waals surface area (Å²) in [5, 5.41) is 0. The van der Waals surface area contributed by atoms with Gasteiger partial charge in [0, 0.05) is 16.9 Å². The maximum absolute atomic E-state index is 5.57. The highest BCUT2D eigenvalue weighted by molar-refractivity contribution is 7.94. The normalized spacial score (nSPS) is 10.1. The van der Waals surface area contributed by atoms with Crippen molar-refractivity contribution in [1.82, 2.24) is 0 Å². The van der Waals surface area contributed by atoms with E-state index < -0.39 is 0 Å². The standard InChI is InChI=1S/C15H14OS/c1-2-13-8-10-14(11-9-13)12-16-17-15-6-4-3-5-7-15/h2-11H,1,12H2. The Morgan fingerprint density at radius 3 is 2.35 bits per heavy atom. The molecule has 0 radical (unpaired) electrons. The number of rotatable bonds is 5. The van der Waals surface area contributed by atoms with E-state index in [1.807, 2.05) is 48.5 Å². The molecule has 0 saturated carbocycles. The van der Waals surface area contributed by atoms with Crippen LogP contribution in [0, 0.1) is 0 Å². The highest BCUT2D eigenvalue weighted by Gasteiger charge is 1.96. The molecule has 0 saturated heterocycles. The van der Waals surface area contributed by atoms with Gasteiger partial charge in [-0.15, -0.1) is 0 Å². The smallest absolute Gasteiger partial charge is 0.0869 e. The number of benzene rings is 2. The zero-order valence-electron chi connectivity index (χ0n) is 9.50. The topological polar surface area (TPSA) is 9.23 Å². The van der Waals surface area contributed by atoms with Crippen molar-refractivity contribution in [3.63, 3.8) is 0 Å². The molecule has 0 spiro atoms. The number of hydrogen-bond donors (Lipinski definition) is 0. The first-order valence-electron chi connectivity index (χ1n) is 5.44. The molecule has 17 heavy (non-hydrogen) atoms. The van der Waals surface area contributed by atoms with Crippen molar-refractivity contribution in [2.24, 2.45) is 0 Å². The Labute approximate surface area is 106 Å². The molecule has 1 nitrogen and oxygen atoms in total. The molecule has 0 unspecified atom stereocenters. The summed E-state index contributed by atoms with van der Waals surface area (Å²) in [4.78, 5) is 1.12. The van der Waals surface area contributed by atoms with Crippen LogP contribution in [-0.2, 0) is 10.8 Å². The first-order chi connectivity index (χ1) is 8.38. The Morgan fingerprint density at radius 2 is 1.71 bits per heavy atom. The second kappa shape index (κ2) is 6.28. The van der Waals surface area contributed by atoms with Gasteiger partial charge in [-0.25, -0.2) is 0 Å². The fourth-order valence-electron chi connectivity index (χ4n) is 1.39. The van der Waals surface area contributed by atoms with E-state index in [2.05, 4.69) is 18.7 Å². The molecular formula is C15H14OS. The minimum absolute atomic E-state index is 0.608. The summed E-state index contributed by atoms with van der Waals surface area (Å²) < 4.78 is 5.57. The lowest BCUT2D eigenvalue weighted by Gasteiger charge is -2.03. The van der Waals surface area contributed by atoms with E-state index in [1.54, 1.807) is 0 Å². The van der Waals surface area contributed by atoms with Crippen molar-refractivity contribution in [1.29, 1.82) is 0 Å². The van der Waals surface area contributed by atoms with Crippen LogP contribution in [0.5, 0.6) is 0 Å². The van der Waals surface area contributed by atoms with Gasteiger partial charge in [0.2, 0.25) is 0 Å². The quantitative estimate of drug-likeness (QED) is 0.711. The average molecular weight is 242 g/mol. The molecule has 2 heteroatoms. The van der Waals surface area contributed by atoms with Crippen molar-refractivity contribution in [2.45, 2.75) is 11.5 Å². The Balaban J connectivity index is 1.84. The summed E-state index contributed by atoms with van der Waals surface area (Å²) in [6.45, 7) is 4.34. The Bertz CT molecular complexity index is 462. The molecule has 0 heterocycles. The first kappa shape index (κ1) is 12.0. The molecule has 0 aromatic heterocycles. The zero-order chi connectivity index (χ0) is 11.9. The van der Waals surface area contributed by atoms with Crippen LogP contribution in [-0.4, -0.2) is 0 Å².